The molecule has 0 radical (unpaired) electrons. The highest BCUT2D eigenvalue weighted by molar-refractivity contribution is 8.04. The fraction of sp³-hybridized carbons (Fsp3) is 0. The number of hydrogen-bond acceptors (Lipinski definition) is 6. The lowest BCUT2D eigenvalue weighted by molar-refractivity contribution is -0.384. The highest BCUT2D eigenvalue weighted by Crippen LogP contribution is 2.34. The molecule has 10 heteroatoms. The summed E-state index contributed by atoms with van der Waals surface area (Å²) < 4.78 is 5.69. The van der Waals surface area contributed by atoms with E-state index >= 15 is 0 Å². The van der Waals surface area contributed by atoms with Crippen molar-refractivity contribution >= 4 is 52.1 Å². The number of carboxylic acids is 1. The number of para-hydroxylation sites is 2. The fourth-order valence-corrected chi connectivity index (χ4v) is 3.78. The number of benzene rings is 2. The first-order valence-electron chi connectivity index (χ1n) is 8.52. The summed E-state index contributed by atoms with van der Waals surface area (Å²) in [6.07, 6.45) is 1.38. The van der Waals surface area contributed by atoms with Crippen molar-refractivity contribution in [3.8, 4) is 11.3 Å². The van der Waals surface area contributed by atoms with Crippen molar-refractivity contribution in [1.29, 1.82) is 0 Å². The Morgan fingerprint density at radius 1 is 1.23 bits per heavy atom. The number of aliphatic carboxylic acids is 1. The van der Waals surface area contributed by atoms with Crippen molar-refractivity contribution in [2.75, 3.05) is 0 Å². The third kappa shape index (κ3) is 4.07. The molecule has 2 aromatic heterocycles. The van der Waals surface area contributed by atoms with Crippen molar-refractivity contribution in [3.05, 3.63) is 80.4 Å². The van der Waals surface area contributed by atoms with Crippen LogP contribution in [0.5, 0.6) is 0 Å². The van der Waals surface area contributed by atoms with Crippen molar-refractivity contribution in [2.45, 2.75) is 5.16 Å². The van der Waals surface area contributed by atoms with E-state index in [1.165, 1.54) is 24.3 Å². The van der Waals surface area contributed by atoms with Gasteiger partial charge in [-0.05, 0) is 42.1 Å². The molecule has 2 aromatic carbocycles. The minimum atomic E-state index is -1.13. The van der Waals surface area contributed by atoms with Crippen LogP contribution in [0, 0.1) is 10.1 Å². The molecule has 150 valence electrons. The van der Waals surface area contributed by atoms with Gasteiger partial charge in [0.05, 0.1) is 21.0 Å². The van der Waals surface area contributed by atoms with E-state index < -0.39 is 10.9 Å². The molecule has 0 aliphatic heterocycles. The predicted molar refractivity (Wildman–Crippen MR) is 113 cm³/mol. The van der Waals surface area contributed by atoms with Gasteiger partial charge in [0.15, 0.2) is 5.16 Å². The summed E-state index contributed by atoms with van der Waals surface area (Å²) in [5, 5.41) is 21.0. The zero-order valence-electron chi connectivity index (χ0n) is 15.0. The molecule has 0 spiro atoms. The first-order valence-corrected chi connectivity index (χ1v) is 9.72. The van der Waals surface area contributed by atoms with Crippen LogP contribution < -0.4 is 0 Å². The molecule has 0 unspecified atom stereocenters. The van der Waals surface area contributed by atoms with Gasteiger partial charge in [0.2, 0.25) is 0 Å². The van der Waals surface area contributed by atoms with E-state index in [-0.39, 0.29) is 15.6 Å². The number of nitro groups is 1. The number of aromatic nitrogens is 2. The third-order valence-electron chi connectivity index (χ3n) is 4.11. The van der Waals surface area contributed by atoms with Gasteiger partial charge in [0.1, 0.15) is 16.4 Å². The molecule has 8 nitrogen and oxygen atoms in total. The van der Waals surface area contributed by atoms with Crippen LogP contribution in [0.15, 0.2) is 69.1 Å². The minimum absolute atomic E-state index is 0.00440. The first-order chi connectivity index (χ1) is 14.4. The number of carbonyl (C=O) groups is 1. The molecule has 0 aliphatic carbocycles. The van der Waals surface area contributed by atoms with Gasteiger partial charge in [0.25, 0.3) is 5.69 Å². The number of furan rings is 1. The van der Waals surface area contributed by atoms with E-state index in [9.17, 15) is 20.0 Å². The lowest BCUT2D eigenvalue weighted by Crippen LogP contribution is -1.96. The topological polar surface area (TPSA) is 122 Å². The molecule has 0 saturated heterocycles. The summed E-state index contributed by atoms with van der Waals surface area (Å²) in [5.74, 6) is -0.480. The van der Waals surface area contributed by atoms with Gasteiger partial charge in [-0.2, -0.15) is 0 Å². The van der Waals surface area contributed by atoms with Crippen LogP contribution in [0.4, 0.5) is 5.69 Å². The maximum atomic E-state index is 11.7. The van der Waals surface area contributed by atoms with E-state index in [4.69, 9.17) is 16.0 Å². The second kappa shape index (κ2) is 8.05. The number of imidazole rings is 1. The average Bonchev–Trinajstić information content (AvgIpc) is 3.33. The molecule has 4 rings (SSSR count). The molecule has 0 fully saturated rings. The third-order valence-corrected chi connectivity index (χ3v) is 5.33. The Bertz CT molecular complexity index is 1280. The number of nitrogens with one attached hydrogen (secondary N) is 1. The first kappa shape index (κ1) is 19.7. The fourth-order valence-electron chi connectivity index (χ4n) is 2.74. The Morgan fingerprint density at radius 2 is 2.03 bits per heavy atom. The Balaban J connectivity index is 1.62. The Kier molecular flexibility index (Phi) is 5.30. The SMILES string of the molecule is O=C(O)/C(=C/c1ccc(-c2ccc([N+](=O)[O-])cc2Cl)o1)Sc1nc2ccccc2[nH]1. The zero-order chi connectivity index (χ0) is 21.3. The molecular formula is C20H12ClN3O5S. The molecule has 0 saturated carbocycles. The van der Waals surface area contributed by atoms with Crippen LogP contribution in [0.25, 0.3) is 28.4 Å². The number of H-pyrrole nitrogens is 1. The summed E-state index contributed by atoms with van der Waals surface area (Å²) in [6, 6.07) is 14.6. The number of carboxylic acid groups (broad SMARTS) is 1. The standard InChI is InChI=1S/C20H12ClN3O5S/c21-14-9-11(24(27)28)5-7-13(14)17-8-6-12(29-17)10-18(19(25)26)30-20-22-15-3-1-2-4-16(15)23-20/h1-10H,(H,22,23)(H,25,26)/b18-10-. The number of non-ortho nitro benzene ring substituents is 1. The van der Waals surface area contributed by atoms with Gasteiger partial charge in [-0.25, -0.2) is 9.78 Å². The number of nitrogens with zero attached hydrogens (tertiary/aromatic N) is 2. The number of nitro benzene ring substituents is 1. The van der Waals surface area contributed by atoms with Crippen molar-refractivity contribution in [3.63, 3.8) is 0 Å². The van der Waals surface area contributed by atoms with E-state index in [1.54, 1.807) is 12.1 Å². The number of aromatic amines is 1. The molecule has 2 heterocycles. The van der Waals surface area contributed by atoms with Crippen molar-refractivity contribution < 1.29 is 19.2 Å². The number of rotatable bonds is 6. The quantitative estimate of drug-likeness (QED) is 0.173. The van der Waals surface area contributed by atoms with Crippen LogP contribution >= 0.6 is 23.4 Å². The highest BCUT2D eigenvalue weighted by atomic mass is 35.5. The molecule has 0 atom stereocenters. The summed E-state index contributed by atoms with van der Waals surface area (Å²) >= 11 is 7.09. The zero-order valence-corrected chi connectivity index (χ0v) is 16.6. The molecular weight excluding hydrogens is 430 g/mol. The van der Waals surface area contributed by atoms with Crippen LogP contribution in [-0.2, 0) is 4.79 Å². The number of fused-ring (bicyclic) bond motifs is 1. The van der Waals surface area contributed by atoms with Gasteiger partial charge in [-0.3, -0.25) is 10.1 Å². The number of thioether (sulfide) groups is 1. The van der Waals surface area contributed by atoms with Crippen LogP contribution in [0.2, 0.25) is 5.02 Å². The van der Waals surface area contributed by atoms with Gasteiger partial charge < -0.3 is 14.5 Å². The van der Waals surface area contributed by atoms with E-state index in [2.05, 4.69) is 9.97 Å². The Labute approximate surface area is 178 Å². The molecule has 0 amide bonds. The molecule has 4 aromatic rings. The lowest BCUT2D eigenvalue weighted by atomic mass is 10.1. The molecule has 0 aliphatic rings. The maximum absolute atomic E-state index is 11.7. The average molecular weight is 442 g/mol. The number of halogens is 1. The Hall–Kier alpha value is -3.56. The second-order valence-corrected chi connectivity index (χ2v) is 7.54. The second-order valence-electron chi connectivity index (χ2n) is 6.10. The molecule has 30 heavy (non-hydrogen) atoms. The maximum Gasteiger partial charge on any atom is 0.342 e. The van der Waals surface area contributed by atoms with Gasteiger partial charge in [-0.15, -0.1) is 0 Å². The van der Waals surface area contributed by atoms with Crippen molar-refractivity contribution in [2.24, 2.45) is 0 Å². The van der Waals surface area contributed by atoms with E-state index in [1.807, 2.05) is 24.3 Å². The van der Waals surface area contributed by atoms with Crippen LogP contribution in [0.3, 0.4) is 0 Å². The van der Waals surface area contributed by atoms with Crippen molar-refractivity contribution in [1.82, 2.24) is 9.97 Å². The summed E-state index contributed by atoms with van der Waals surface area (Å²) in [7, 11) is 0. The Morgan fingerprint density at radius 3 is 2.73 bits per heavy atom. The van der Waals surface area contributed by atoms with E-state index in [0.29, 0.717) is 22.2 Å². The summed E-state index contributed by atoms with van der Waals surface area (Å²) in [4.78, 5) is 29.4. The molecule has 2 N–H and O–H groups in total. The van der Waals surface area contributed by atoms with Gasteiger partial charge in [0, 0.05) is 23.8 Å². The predicted octanol–water partition coefficient (Wildman–Crippen LogP) is 5.60. The summed E-state index contributed by atoms with van der Waals surface area (Å²) in [5.41, 5.74) is 1.87. The van der Waals surface area contributed by atoms with Gasteiger partial charge in [-0.1, -0.05) is 23.7 Å². The van der Waals surface area contributed by atoms with E-state index in [0.717, 1.165) is 22.8 Å². The van der Waals surface area contributed by atoms with Crippen LogP contribution in [-0.4, -0.2) is 26.0 Å². The minimum Gasteiger partial charge on any atom is -0.477 e. The highest BCUT2D eigenvalue weighted by Gasteiger charge is 2.16. The normalized spacial score (nSPS) is 11.7. The summed E-state index contributed by atoms with van der Waals surface area (Å²) in [6.45, 7) is 0. The monoisotopic (exact) mass is 441 g/mol. The molecule has 0 bridgehead atoms. The largest absolute Gasteiger partial charge is 0.477 e. The smallest absolute Gasteiger partial charge is 0.342 e. The van der Waals surface area contributed by atoms with Crippen LogP contribution in [0.1, 0.15) is 5.76 Å². The number of hydrogen-bond donors (Lipinski definition) is 2. The van der Waals surface area contributed by atoms with Gasteiger partial charge >= 0.3 is 5.97 Å². The lowest BCUT2D eigenvalue weighted by Gasteiger charge is -2.01.